The van der Waals surface area contributed by atoms with Gasteiger partial charge in [-0.05, 0) is 48.7 Å². The summed E-state index contributed by atoms with van der Waals surface area (Å²) < 4.78 is 13.5. The van der Waals surface area contributed by atoms with E-state index in [1.165, 1.54) is 6.07 Å². The standard InChI is InChI=1S/C23H18Cl2FN3O/c1-12-3-5-14(6-4-12)17(11-27)16-9-13(2)20(10-18(16)24)29-23(30)15-7-8-19(26)21(25)22(15)28/h3-10,17H,28H2,1-2H3,(H,29,30). The molecular formula is C23H18Cl2FN3O. The number of anilines is 2. The quantitative estimate of drug-likeness (QED) is 0.470. The average Bonchev–Trinajstić information content (AvgIpc) is 2.71. The first-order valence-electron chi connectivity index (χ1n) is 9.04. The maximum absolute atomic E-state index is 13.5. The molecule has 0 aliphatic carbocycles. The molecule has 3 aromatic carbocycles. The number of rotatable bonds is 4. The topological polar surface area (TPSA) is 78.9 Å². The molecule has 0 spiro atoms. The van der Waals surface area contributed by atoms with Crippen molar-refractivity contribution in [2.24, 2.45) is 0 Å². The number of halogens is 3. The fourth-order valence-corrected chi connectivity index (χ4v) is 3.53. The monoisotopic (exact) mass is 441 g/mol. The van der Waals surface area contributed by atoms with Crippen molar-refractivity contribution < 1.29 is 9.18 Å². The van der Waals surface area contributed by atoms with E-state index < -0.39 is 17.6 Å². The molecule has 1 atom stereocenters. The van der Waals surface area contributed by atoms with Gasteiger partial charge in [-0.3, -0.25) is 4.79 Å². The molecule has 1 amide bonds. The van der Waals surface area contributed by atoms with Crippen LogP contribution in [0.2, 0.25) is 10.0 Å². The molecule has 7 heteroatoms. The highest BCUT2D eigenvalue weighted by atomic mass is 35.5. The van der Waals surface area contributed by atoms with Crippen LogP contribution in [0.3, 0.4) is 0 Å². The van der Waals surface area contributed by atoms with E-state index in [4.69, 9.17) is 28.9 Å². The van der Waals surface area contributed by atoms with Crippen LogP contribution in [0.1, 0.15) is 38.5 Å². The zero-order valence-electron chi connectivity index (χ0n) is 16.3. The molecule has 4 nitrogen and oxygen atoms in total. The van der Waals surface area contributed by atoms with Gasteiger partial charge in [-0.1, -0.05) is 59.1 Å². The van der Waals surface area contributed by atoms with E-state index in [0.29, 0.717) is 21.8 Å². The Bertz CT molecular complexity index is 1170. The van der Waals surface area contributed by atoms with Crippen LogP contribution in [0.15, 0.2) is 48.5 Å². The number of nitrogens with two attached hydrogens (primary N) is 1. The van der Waals surface area contributed by atoms with Crippen molar-refractivity contribution in [3.05, 3.63) is 92.2 Å². The van der Waals surface area contributed by atoms with Gasteiger partial charge in [-0.2, -0.15) is 5.26 Å². The van der Waals surface area contributed by atoms with E-state index >= 15 is 0 Å². The number of hydrogen-bond acceptors (Lipinski definition) is 3. The van der Waals surface area contributed by atoms with Gasteiger partial charge >= 0.3 is 0 Å². The van der Waals surface area contributed by atoms with Crippen LogP contribution in [0.4, 0.5) is 15.8 Å². The van der Waals surface area contributed by atoms with E-state index in [1.807, 2.05) is 31.2 Å². The molecule has 3 aromatic rings. The van der Waals surface area contributed by atoms with Gasteiger partial charge in [-0.15, -0.1) is 0 Å². The Morgan fingerprint density at radius 1 is 1.13 bits per heavy atom. The van der Waals surface area contributed by atoms with Gasteiger partial charge in [-0.25, -0.2) is 4.39 Å². The summed E-state index contributed by atoms with van der Waals surface area (Å²) in [5.74, 6) is -1.79. The van der Waals surface area contributed by atoms with Gasteiger partial charge in [0, 0.05) is 10.7 Å². The van der Waals surface area contributed by atoms with Gasteiger partial charge in [0.15, 0.2) is 0 Å². The number of nitrogen functional groups attached to an aromatic ring is 1. The summed E-state index contributed by atoms with van der Waals surface area (Å²) >= 11 is 12.3. The van der Waals surface area contributed by atoms with E-state index in [0.717, 1.165) is 17.2 Å². The summed E-state index contributed by atoms with van der Waals surface area (Å²) in [5.41, 5.74) is 9.41. The van der Waals surface area contributed by atoms with Gasteiger partial charge < -0.3 is 11.1 Å². The number of carbonyl (C=O) groups is 1. The molecule has 0 aromatic heterocycles. The van der Waals surface area contributed by atoms with Crippen molar-refractivity contribution in [1.82, 2.24) is 0 Å². The second-order valence-corrected chi connectivity index (χ2v) is 7.72. The lowest BCUT2D eigenvalue weighted by molar-refractivity contribution is 0.102. The van der Waals surface area contributed by atoms with E-state index in [9.17, 15) is 14.4 Å². The number of nitrogens with zero attached hydrogens (tertiary/aromatic N) is 1. The Balaban J connectivity index is 1.93. The van der Waals surface area contributed by atoms with Crippen LogP contribution in [-0.4, -0.2) is 5.91 Å². The predicted molar refractivity (Wildman–Crippen MR) is 119 cm³/mol. The molecule has 0 radical (unpaired) electrons. The van der Waals surface area contributed by atoms with Gasteiger partial charge in [0.05, 0.1) is 23.2 Å². The van der Waals surface area contributed by atoms with Gasteiger partial charge in [0.25, 0.3) is 5.91 Å². The first-order chi connectivity index (χ1) is 14.2. The lowest BCUT2D eigenvalue weighted by Gasteiger charge is -2.17. The number of hydrogen-bond donors (Lipinski definition) is 2. The maximum atomic E-state index is 13.5. The fourth-order valence-electron chi connectivity index (χ4n) is 3.10. The van der Waals surface area contributed by atoms with E-state index in [-0.39, 0.29) is 16.3 Å². The summed E-state index contributed by atoms with van der Waals surface area (Å²) in [6.07, 6.45) is 0. The summed E-state index contributed by atoms with van der Waals surface area (Å²) in [4.78, 5) is 12.6. The van der Waals surface area contributed by atoms with Gasteiger partial charge in [0.1, 0.15) is 10.8 Å². The smallest absolute Gasteiger partial charge is 0.257 e. The molecule has 0 saturated carbocycles. The summed E-state index contributed by atoms with van der Waals surface area (Å²) in [5, 5.41) is 12.5. The second-order valence-electron chi connectivity index (χ2n) is 6.94. The summed E-state index contributed by atoms with van der Waals surface area (Å²) in [7, 11) is 0. The number of carbonyl (C=O) groups excluding carboxylic acids is 1. The van der Waals surface area contributed by atoms with Crippen molar-refractivity contribution >= 4 is 40.5 Å². The van der Waals surface area contributed by atoms with Crippen LogP contribution >= 0.6 is 23.2 Å². The fraction of sp³-hybridized carbons (Fsp3) is 0.130. The highest BCUT2D eigenvalue weighted by molar-refractivity contribution is 6.34. The zero-order chi connectivity index (χ0) is 22.0. The predicted octanol–water partition coefficient (Wildman–Crippen LogP) is 6.24. The van der Waals surface area contributed by atoms with Crippen molar-refractivity contribution in [1.29, 1.82) is 5.26 Å². The number of benzene rings is 3. The molecule has 0 aliphatic heterocycles. The normalized spacial score (nSPS) is 11.6. The summed E-state index contributed by atoms with van der Waals surface area (Å²) in [6, 6.07) is 15.7. The Morgan fingerprint density at radius 3 is 2.43 bits per heavy atom. The Hall–Kier alpha value is -3.07. The van der Waals surface area contributed by atoms with Crippen LogP contribution < -0.4 is 11.1 Å². The molecule has 0 heterocycles. The highest BCUT2D eigenvalue weighted by Gasteiger charge is 2.20. The molecular weight excluding hydrogens is 424 g/mol. The molecule has 30 heavy (non-hydrogen) atoms. The van der Waals surface area contributed by atoms with E-state index in [2.05, 4.69) is 11.4 Å². The molecule has 3 rings (SSSR count). The number of nitriles is 1. The minimum absolute atomic E-state index is 0.0514. The van der Waals surface area contributed by atoms with Crippen molar-refractivity contribution in [3.8, 4) is 6.07 Å². The van der Waals surface area contributed by atoms with Crippen molar-refractivity contribution in [2.75, 3.05) is 11.1 Å². The molecule has 0 bridgehead atoms. The first kappa shape index (κ1) is 21.6. The first-order valence-corrected chi connectivity index (χ1v) is 9.79. The average molecular weight is 442 g/mol. The van der Waals surface area contributed by atoms with Crippen LogP contribution in [-0.2, 0) is 0 Å². The molecule has 3 N–H and O–H groups in total. The molecule has 1 unspecified atom stereocenters. The molecule has 0 saturated heterocycles. The lowest BCUT2D eigenvalue weighted by Crippen LogP contribution is -2.15. The third kappa shape index (κ3) is 4.25. The van der Waals surface area contributed by atoms with Crippen LogP contribution in [0, 0.1) is 31.0 Å². The minimum atomic E-state index is -0.701. The van der Waals surface area contributed by atoms with Crippen LogP contribution in [0.25, 0.3) is 0 Å². The highest BCUT2D eigenvalue weighted by Crippen LogP contribution is 2.34. The third-order valence-corrected chi connectivity index (χ3v) is 5.53. The third-order valence-electron chi connectivity index (χ3n) is 4.82. The van der Waals surface area contributed by atoms with Crippen LogP contribution in [0.5, 0.6) is 0 Å². The SMILES string of the molecule is Cc1ccc(C(C#N)c2cc(C)c(NC(=O)c3ccc(F)c(Cl)c3N)cc2Cl)cc1. The summed E-state index contributed by atoms with van der Waals surface area (Å²) in [6.45, 7) is 3.76. The largest absolute Gasteiger partial charge is 0.397 e. The van der Waals surface area contributed by atoms with Crippen molar-refractivity contribution in [2.45, 2.75) is 19.8 Å². The lowest BCUT2D eigenvalue weighted by atomic mass is 9.90. The number of nitrogens with one attached hydrogen (secondary N) is 1. The molecule has 152 valence electrons. The second kappa shape index (κ2) is 8.74. The minimum Gasteiger partial charge on any atom is -0.397 e. The zero-order valence-corrected chi connectivity index (χ0v) is 17.8. The van der Waals surface area contributed by atoms with Gasteiger partial charge in [0.2, 0.25) is 0 Å². The van der Waals surface area contributed by atoms with Crippen molar-refractivity contribution in [3.63, 3.8) is 0 Å². The maximum Gasteiger partial charge on any atom is 0.257 e. The Labute approximate surface area is 184 Å². The number of amides is 1. The Morgan fingerprint density at radius 2 is 1.80 bits per heavy atom. The van der Waals surface area contributed by atoms with E-state index in [1.54, 1.807) is 19.1 Å². The number of aryl methyl sites for hydroxylation is 2. The molecule has 0 aliphatic rings. The Kier molecular flexibility index (Phi) is 6.31. The molecule has 0 fully saturated rings.